The smallest absolute Gasteiger partial charge is 0.154 e. The van der Waals surface area contributed by atoms with E-state index in [0.717, 1.165) is 22.6 Å². The summed E-state index contributed by atoms with van der Waals surface area (Å²) < 4.78 is 5.44. The molecule has 2 aromatic rings. The predicted octanol–water partition coefficient (Wildman–Crippen LogP) is 4.87. The van der Waals surface area contributed by atoms with Crippen LogP contribution in [0.3, 0.4) is 0 Å². The van der Waals surface area contributed by atoms with Gasteiger partial charge < -0.3 is 10.1 Å². The minimum atomic E-state index is 0.380. The van der Waals surface area contributed by atoms with Gasteiger partial charge >= 0.3 is 0 Å². The third-order valence-electron chi connectivity index (χ3n) is 2.90. The number of benzene rings is 1. The molecule has 1 aromatic heterocycles. The summed E-state index contributed by atoms with van der Waals surface area (Å²) in [5.74, 6) is 0.820. The summed E-state index contributed by atoms with van der Waals surface area (Å²) >= 11 is 12.0. The Hall–Kier alpha value is -1.71. The Kier molecular flexibility index (Phi) is 5.48. The van der Waals surface area contributed by atoms with Crippen LogP contribution >= 0.6 is 23.2 Å². The van der Waals surface area contributed by atoms with E-state index in [2.05, 4.69) is 16.9 Å². The van der Waals surface area contributed by atoms with Crippen molar-refractivity contribution in [2.45, 2.75) is 13.5 Å². The molecule has 1 heterocycles. The minimum Gasteiger partial charge on any atom is -0.490 e. The first-order chi connectivity index (χ1) is 10.1. The van der Waals surface area contributed by atoms with Gasteiger partial charge in [-0.3, -0.25) is 0 Å². The van der Waals surface area contributed by atoms with E-state index in [9.17, 15) is 0 Å². The molecular weight excluding hydrogens is 307 g/mol. The van der Waals surface area contributed by atoms with E-state index in [0.29, 0.717) is 23.5 Å². The highest BCUT2D eigenvalue weighted by atomic mass is 35.5. The van der Waals surface area contributed by atoms with E-state index in [4.69, 9.17) is 27.9 Å². The van der Waals surface area contributed by atoms with Crippen LogP contribution in [0.5, 0.6) is 5.75 Å². The van der Waals surface area contributed by atoms with Gasteiger partial charge in [-0.25, -0.2) is 4.98 Å². The van der Waals surface area contributed by atoms with Gasteiger partial charge in [0.05, 0.1) is 5.69 Å². The summed E-state index contributed by atoms with van der Waals surface area (Å²) in [4.78, 5) is 4.03. The molecule has 0 aliphatic carbocycles. The molecule has 21 heavy (non-hydrogen) atoms. The van der Waals surface area contributed by atoms with Crippen molar-refractivity contribution in [2.75, 3.05) is 11.9 Å². The van der Waals surface area contributed by atoms with E-state index >= 15 is 0 Å². The number of halogens is 2. The lowest BCUT2D eigenvalue weighted by Crippen LogP contribution is -2.03. The van der Waals surface area contributed by atoms with Gasteiger partial charge in [0.15, 0.2) is 5.15 Å². The molecule has 0 fully saturated rings. The summed E-state index contributed by atoms with van der Waals surface area (Å²) in [7, 11) is 0. The molecule has 0 saturated heterocycles. The fourth-order valence-electron chi connectivity index (χ4n) is 1.86. The maximum Gasteiger partial charge on any atom is 0.154 e. The zero-order valence-electron chi connectivity index (χ0n) is 11.7. The number of ether oxygens (including phenoxy) is 1. The fourth-order valence-corrected chi connectivity index (χ4v) is 2.46. The first kappa shape index (κ1) is 15.7. The van der Waals surface area contributed by atoms with E-state index in [1.807, 2.05) is 31.2 Å². The molecule has 0 aliphatic heterocycles. The van der Waals surface area contributed by atoms with Crippen LogP contribution in [-0.2, 0) is 6.54 Å². The van der Waals surface area contributed by atoms with Crippen LogP contribution in [0.25, 0.3) is 0 Å². The number of anilines is 1. The molecule has 0 bridgehead atoms. The van der Waals surface area contributed by atoms with Crippen LogP contribution in [0.1, 0.15) is 11.1 Å². The zero-order chi connectivity index (χ0) is 15.2. The second-order valence-electron chi connectivity index (χ2n) is 4.52. The molecule has 0 unspecified atom stereocenters. The van der Waals surface area contributed by atoms with Crippen molar-refractivity contribution < 1.29 is 4.74 Å². The number of aryl methyl sites for hydroxylation is 1. The lowest BCUT2D eigenvalue weighted by Gasteiger charge is -2.12. The molecule has 0 atom stereocenters. The second-order valence-corrected chi connectivity index (χ2v) is 5.27. The molecule has 1 aromatic carbocycles. The van der Waals surface area contributed by atoms with Crippen LogP contribution in [0.4, 0.5) is 5.69 Å². The van der Waals surface area contributed by atoms with Crippen LogP contribution in [0.2, 0.25) is 10.3 Å². The SMILES string of the molecule is C=CCOc1ccc(CNc2c(C)cc(Cl)nc2Cl)cc1. The van der Waals surface area contributed by atoms with Gasteiger partial charge in [-0.2, -0.15) is 0 Å². The Morgan fingerprint density at radius 2 is 2.00 bits per heavy atom. The molecule has 0 spiro atoms. The van der Waals surface area contributed by atoms with Gasteiger partial charge in [0.25, 0.3) is 0 Å². The Balaban J connectivity index is 2.01. The normalized spacial score (nSPS) is 10.2. The van der Waals surface area contributed by atoms with Crippen molar-refractivity contribution >= 4 is 28.9 Å². The number of nitrogens with one attached hydrogen (secondary N) is 1. The summed E-state index contributed by atoms with van der Waals surface area (Å²) in [6.07, 6.45) is 1.72. The third-order valence-corrected chi connectivity index (χ3v) is 3.37. The number of pyridine rings is 1. The van der Waals surface area contributed by atoms with Crippen molar-refractivity contribution in [3.8, 4) is 5.75 Å². The number of aromatic nitrogens is 1. The van der Waals surface area contributed by atoms with Crippen LogP contribution in [0.15, 0.2) is 43.0 Å². The van der Waals surface area contributed by atoms with Gasteiger partial charge in [-0.15, -0.1) is 0 Å². The molecule has 110 valence electrons. The van der Waals surface area contributed by atoms with Gasteiger partial charge in [0.1, 0.15) is 17.5 Å². The molecule has 0 saturated carbocycles. The first-order valence-corrected chi connectivity index (χ1v) is 7.25. The Bertz CT molecular complexity index is 604. The summed E-state index contributed by atoms with van der Waals surface area (Å²) in [6, 6.07) is 9.63. The number of hydrogen-bond acceptors (Lipinski definition) is 3. The largest absolute Gasteiger partial charge is 0.490 e. The van der Waals surface area contributed by atoms with Crippen molar-refractivity contribution in [2.24, 2.45) is 0 Å². The minimum absolute atomic E-state index is 0.380. The van der Waals surface area contributed by atoms with E-state index in [1.54, 1.807) is 12.1 Å². The topological polar surface area (TPSA) is 34.1 Å². The standard InChI is InChI=1S/C16H16Cl2N2O/c1-3-8-21-13-6-4-12(5-7-13)10-19-15-11(2)9-14(17)20-16(15)18/h3-7,9,19H,1,8,10H2,2H3. The van der Waals surface area contributed by atoms with Crippen LogP contribution < -0.4 is 10.1 Å². The van der Waals surface area contributed by atoms with Crippen molar-refractivity contribution in [3.05, 3.63) is 64.4 Å². The first-order valence-electron chi connectivity index (χ1n) is 6.49. The predicted molar refractivity (Wildman–Crippen MR) is 88.5 cm³/mol. The Morgan fingerprint density at radius 1 is 1.29 bits per heavy atom. The van der Waals surface area contributed by atoms with Crippen molar-refractivity contribution in [3.63, 3.8) is 0 Å². The summed E-state index contributed by atoms with van der Waals surface area (Å²) in [5, 5.41) is 4.05. The third kappa shape index (κ3) is 4.38. The monoisotopic (exact) mass is 322 g/mol. The Labute approximate surface area is 134 Å². The van der Waals surface area contributed by atoms with Gasteiger partial charge in [0, 0.05) is 6.54 Å². The zero-order valence-corrected chi connectivity index (χ0v) is 13.2. The van der Waals surface area contributed by atoms with E-state index in [1.165, 1.54) is 0 Å². The van der Waals surface area contributed by atoms with Crippen LogP contribution in [-0.4, -0.2) is 11.6 Å². The maximum absolute atomic E-state index is 6.10. The molecule has 5 heteroatoms. The quantitative estimate of drug-likeness (QED) is 0.608. The lowest BCUT2D eigenvalue weighted by molar-refractivity contribution is 0.363. The van der Waals surface area contributed by atoms with Gasteiger partial charge in [-0.05, 0) is 36.2 Å². The van der Waals surface area contributed by atoms with Gasteiger partial charge in [-0.1, -0.05) is 48.0 Å². The highest BCUT2D eigenvalue weighted by molar-refractivity contribution is 6.34. The average molecular weight is 323 g/mol. The van der Waals surface area contributed by atoms with Gasteiger partial charge in [0.2, 0.25) is 0 Å². The molecule has 1 N–H and O–H groups in total. The number of nitrogens with zero attached hydrogens (tertiary/aromatic N) is 1. The second kappa shape index (κ2) is 7.34. The molecule has 0 radical (unpaired) electrons. The summed E-state index contributed by atoms with van der Waals surface area (Å²) in [6.45, 7) is 6.70. The average Bonchev–Trinajstić information content (AvgIpc) is 2.45. The summed E-state index contributed by atoms with van der Waals surface area (Å²) in [5.41, 5.74) is 2.88. The molecule has 3 nitrogen and oxygen atoms in total. The molecule has 0 aliphatic rings. The van der Waals surface area contributed by atoms with Crippen molar-refractivity contribution in [1.82, 2.24) is 4.98 Å². The highest BCUT2D eigenvalue weighted by Crippen LogP contribution is 2.27. The molecular formula is C16H16Cl2N2O. The maximum atomic E-state index is 6.10. The van der Waals surface area contributed by atoms with Crippen molar-refractivity contribution in [1.29, 1.82) is 0 Å². The molecule has 2 rings (SSSR count). The van der Waals surface area contributed by atoms with E-state index < -0.39 is 0 Å². The fraction of sp³-hybridized carbons (Fsp3) is 0.188. The number of hydrogen-bond donors (Lipinski definition) is 1. The van der Waals surface area contributed by atoms with Crippen LogP contribution in [0, 0.1) is 6.92 Å². The highest BCUT2D eigenvalue weighted by Gasteiger charge is 2.07. The Morgan fingerprint density at radius 3 is 2.62 bits per heavy atom. The number of rotatable bonds is 6. The molecule has 0 amide bonds. The lowest BCUT2D eigenvalue weighted by atomic mass is 10.2. The van der Waals surface area contributed by atoms with E-state index in [-0.39, 0.29) is 0 Å².